The molecule has 0 aliphatic heterocycles. The Kier molecular flexibility index (Phi) is 4.08. The van der Waals surface area contributed by atoms with Gasteiger partial charge in [-0.1, -0.05) is 6.58 Å². The lowest BCUT2D eigenvalue weighted by Gasteiger charge is -2.07. The minimum atomic E-state index is -4.14. The van der Waals surface area contributed by atoms with Crippen LogP contribution in [0.15, 0.2) is 12.7 Å². The summed E-state index contributed by atoms with van der Waals surface area (Å²) >= 11 is 0. The maximum atomic E-state index is 10.8. The third-order valence-corrected chi connectivity index (χ3v) is 2.12. The quantitative estimate of drug-likeness (QED) is 0.440. The lowest BCUT2D eigenvalue weighted by Crippen LogP contribution is -2.29. The summed E-state index contributed by atoms with van der Waals surface area (Å²) in [4.78, 5) is 10.8. The SMILES string of the molecule is C=CC(=O)C(CN)CS(=O)(=O)O. The molecule has 1 unspecified atom stereocenters. The highest BCUT2D eigenvalue weighted by molar-refractivity contribution is 7.85. The van der Waals surface area contributed by atoms with Crippen molar-refractivity contribution in [3.05, 3.63) is 12.7 Å². The molecule has 5 nitrogen and oxygen atoms in total. The van der Waals surface area contributed by atoms with E-state index in [4.69, 9.17) is 10.3 Å². The van der Waals surface area contributed by atoms with E-state index in [1.165, 1.54) is 0 Å². The fourth-order valence-electron chi connectivity index (χ4n) is 0.687. The van der Waals surface area contributed by atoms with E-state index < -0.39 is 27.6 Å². The zero-order valence-corrected chi connectivity index (χ0v) is 7.25. The first kappa shape index (κ1) is 11.3. The van der Waals surface area contributed by atoms with Gasteiger partial charge in [0.15, 0.2) is 5.78 Å². The van der Waals surface area contributed by atoms with Gasteiger partial charge in [-0.05, 0) is 6.08 Å². The normalized spacial score (nSPS) is 13.8. The molecule has 0 heterocycles. The van der Waals surface area contributed by atoms with Gasteiger partial charge in [0.05, 0.1) is 11.7 Å². The summed E-state index contributed by atoms with van der Waals surface area (Å²) in [5.74, 6) is -2.01. The van der Waals surface area contributed by atoms with E-state index in [1.807, 2.05) is 0 Å². The van der Waals surface area contributed by atoms with Gasteiger partial charge in [0.1, 0.15) is 0 Å². The summed E-state index contributed by atoms with van der Waals surface area (Å²) in [6, 6.07) is 0. The molecule has 0 aliphatic carbocycles. The Bertz CT molecular complexity index is 269. The van der Waals surface area contributed by atoms with Crippen LogP contribution in [0.5, 0.6) is 0 Å². The topological polar surface area (TPSA) is 97.5 Å². The second-order valence-electron chi connectivity index (χ2n) is 2.29. The molecule has 0 aromatic carbocycles. The van der Waals surface area contributed by atoms with Crippen LogP contribution in [-0.4, -0.2) is 31.1 Å². The van der Waals surface area contributed by atoms with Crippen LogP contribution in [0, 0.1) is 5.92 Å². The van der Waals surface area contributed by atoms with Crippen molar-refractivity contribution in [2.45, 2.75) is 0 Å². The molecule has 0 spiro atoms. The van der Waals surface area contributed by atoms with Crippen LogP contribution in [0.25, 0.3) is 0 Å². The summed E-state index contributed by atoms with van der Waals surface area (Å²) in [5.41, 5.74) is 5.11. The van der Waals surface area contributed by atoms with Crippen LogP contribution in [-0.2, 0) is 14.9 Å². The van der Waals surface area contributed by atoms with Gasteiger partial charge in [0, 0.05) is 6.54 Å². The summed E-state index contributed by atoms with van der Waals surface area (Å²) in [6.07, 6.45) is 0.989. The lowest BCUT2D eigenvalue weighted by molar-refractivity contribution is -0.117. The number of rotatable bonds is 5. The van der Waals surface area contributed by atoms with Crippen molar-refractivity contribution in [2.24, 2.45) is 11.7 Å². The highest BCUT2D eigenvalue weighted by Crippen LogP contribution is 2.01. The average molecular weight is 193 g/mol. The van der Waals surface area contributed by atoms with E-state index in [0.717, 1.165) is 6.08 Å². The minimum Gasteiger partial charge on any atom is -0.330 e. The Balaban J connectivity index is 4.39. The van der Waals surface area contributed by atoms with E-state index in [0.29, 0.717) is 0 Å². The van der Waals surface area contributed by atoms with Crippen LogP contribution in [0.2, 0.25) is 0 Å². The predicted octanol–water partition coefficient (Wildman–Crippen LogP) is -0.796. The van der Waals surface area contributed by atoms with Crippen LogP contribution < -0.4 is 5.73 Å². The second-order valence-corrected chi connectivity index (χ2v) is 3.78. The van der Waals surface area contributed by atoms with Gasteiger partial charge in [0.25, 0.3) is 10.1 Å². The van der Waals surface area contributed by atoms with Gasteiger partial charge in [-0.15, -0.1) is 0 Å². The fraction of sp³-hybridized carbons (Fsp3) is 0.500. The maximum Gasteiger partial charge on any atom is 0.265 e. The monoisotopic (exact) mass is 193 g/mol. The highest BCUT2D eigenvalue weighted by Gasteiger charge is 2.20. The number of nitrogens with two attached hydrogens (primary N) is 1. The third kappa shape index (κ3) is 4.22. The molecule has 0 aromatic rings. The van der Waals surface area contributed by atoms with E-state index in [9.17, 15) is 13.2 Å². The van der Waals surface area contributed by atoms with E-state index in [2.05, 4.69) is 6.58 Å². The van der Waals surface area contributed by atoms with Crippen molar-refractivity contribution in [1.29, 1.82) is 0 Å². The summed E-state index contributed by atoms with van der Waals surface area (Å²) in [5, 5.41) is 0. The average Bonchev–Trinajstić information content (AvgIpc) is 1.97. The molecular formula is C6H11NO4S. The van der Waals surface area contributed by atoms with Crippen molar-refractivity contribution < 1.29 is 17.8 Å². The van der Waals surface area contributed by atoms with Crippen molar-refractivity contribution in [2.75, 3.05) is 12.3 Å². The smallest absolute Gasteiger partial charge is 0.265 e. The molecule has 3 N–H and O–H groups in total. The molecule has 0 saturated carbocycles. The first-order chi connectivity index (χ1) is 5.40. The van der Waals surface area contributed by atoms with Crippen molar-refractivity contribution >= 4 is 15.9 Å². The fourth-order valence-corrected chi connectivity index (χ4v) is 1.50. The van der Waals surface area contributed by atoms with Gasteiger partial charge < -0.3 is 5.73 Å². The first-order valence-electron chi connectivity index (χ1n) is 3.22. The largest absolute Gasteiger partial charge is 0.330 e. The van der Waals surface area contributed by atoms with Gasteiger partial charge in [-0.3, -0.25) is 9.35 Å². The van der Waals surface area contributed by atoms with Crippen LogP contribution in [0.4, 0.5) is 0 Å². The summed E-state index contributed by atoms with van der Waals surface area (Å²) < 4.78 is 29.1. The molecule has 0 aliphatic rings. The molecule has 0 aromatic heterocycles. The number of carbonyl (C=O) groups excluding carboxylic acids is 1. The molecule has 0 saturated heterocycles. The number of hydrogen-bond acceptors (Lipinski definition) is 4. The highest BCUT2D eigenvalue weighted by atomic mass is 32.2. The molecule has 70 valence electrons. The van der Waals surface area contributed by atoms with Gasteiger partial charge in [-0.2, -0.15) is 8.42 Å². The van der Waals surface area contributed by atoms with Crippen molar-refractivity contribution in [1.82, 2.24) is 0 Å². The molecule has 0 fully saturated rings. The van der Waals surface area contributed by atoms with E-state index in [1.54, 1.807) is 0 Å². The standard InChI is InChI=1S/C6H11NO4S/c1-2-6(8)5(3-7)4-12(9,10)11/h2,5H,1,3-4,7H2,(H,9,10,11). The Morgan fingerprint density at radius 2 is 2.17 bits per heavy atom. The number of ketones is 1. The molecular weight excluding hydrogens is 182 g/mol. The lowest BCUT2D eigenvalue weighted by atomic mass is 10.1. The van der Waals surface area contributed by atoms with Gasteiger partial charge in [0.2, 0.25) is 0 Å². The van der Waals surface area contributed by atoms with Crippen LogP contribution in [0.1, 0.15) is 0 Å². The molecule has 0 radical (unpaired) electrons. The maximum absolute atomic E-state index is 10.8. The van der Waals surface area contributed by atoms with Gasteiger partial charge >= 0.3 is 0 Å². The van der Waals surface area contributed by atoms with E-state index >= 15 is 0 Å². The molecule has 1 atom stereocenters. The van der Waals surface area contributed by atoms with E-state index in [-0.39, 0.29) is 6.54 Å². The second kappa shape index (κ2) is 4.34. The number of allylic oxidation sites excluding steroid dienone is 1. The zero-order valence-electron chi connectivity index (χ0n) is 6.43. The van der Waals surface area contributed by atoms with Crippen LogP contribution >= 0.6 is 0 Å². The number of carbonyl (C=O) groups is 1. The Hall–Kier alpha value is -0.720. The first-order valence-corrected chi connectivity index (χ1v) is 4.83. The molecule has 0 amide bonds. The Morgan fingerprint density at radius 1 is 1.67 bits per heavy atom. The molecule has 0 bridgehead atoms. The molecule has 0 rings (SSSR count). The Morgan fingerprint density at radius 3 is 2.42 bits per heavy atom. The van der Waals surface area contributed by atoms with Gasteiger partial charge in [-0.25, -0.2) is 0 Å². The number of hydrogen-bond donors (Lipinski definition) is 2. The van der Waals surface area contributed by atoms with Crippen LogP contribution in [0.3, 0.4) is 0 Å². The Labute approximate surface area is 71.0 Å². The summed E-state index contributed by atoms with van der Waals surface area (Å²) in [6.45, 7) is 3.06. The molecule has 6 heteroatoms. The zero-order chi connectivity index (χ0) is 9.78. The minimum absolute atomic E-state index is 0.120. The predicted molar refractivity (Wildman–Crippen MR) is 44.2 cm³/mol. The summed E-state index contributed by atoms with van der Waals surface area (Å²) in [7, 11) is -4.14. The third-order valence-electron chi connectivity index (χ3n) is 1.30. The molecule has 12 heavy (non-hydrogen) atoms. The van der Waals surface area contributed by atoms with Crippen molar-refractivity contribution in [3.63, 3.8) is 0 Å². The van der Waals surface area contributed by atoms with Crippen molar-refractivity contribution in [3.8, 4) is 0 Å².